The molecule has 0 radical (unpaired) electrons. The van der Waals surface area contributed by atoms with Crippen molar-refractivity contribution in [3.8, 4) is 0 Å². The second-order valence-corrected chi connectivity index (χ2v) is 1.85. The summed E-state index contributed by atoms with van der Waals surface area (Å²) in [6.45, 7) is 8.33. The van der Waals surface area contributed by atoms with E-state index in [1.165, 1.54) is 0 Å². The molecule has 0 spiro atoms. The minimum absolute atomic E-state index is 0.438. The van der Waals surface area contributed by atoms with E-state index in [1.54, 1.807) is 0 Å². The van der Waals surface area contributed by atoms with Crippen molar-refractivity contribution in [2.24, 2.45) is 0 Å². The normalized spacial score (nSPS) is 10.2. The van der Waals surface area contributed by atoms with Gasteiger partial charge in [-0.25, -0.2) is 0 Å². The second-order valence-electron chi connectivity index (χ2n) is 1.85. The molecule has 0 N–H and O–H groups in total. The summed E-state index contributed by atoms with van der Waals surface area (Å²) in [5.41, 5.74) is 0. The van der Waals surface area contributed by atoms with E-state index < -0.39 is 30.3 Å². The van der Waals surface area contributed by atoms with E-state index in [0.717, 1.165) is 0 Å². The van der Waals surface area contributed by atoms with E-state index in [4.69, 9.17) is 0 Å². The number of allylic oxidation sites excluding steroid dienone is 1. The van der Waals surface area contributed by atoms with Crippen LogP contribution in [0, 0.1) is 0 Å². The summed E-state index contributed by atoms with van der Waals surface area (Å²) in [6.07, 6.45) is -11.8. The molecule has 0 heterocycles. The third-order valence-corrected chi connectivity index (χ3v) is 0.777. The van der Waals surface area contributed by atoms with Crippen LogP contribution >= 0.6 is 0 Å². The van der Waals surface area contributed by atoms with E-state index in [-0.39, 0.29) is 0 Å². The summed E-state index contributed by atoms with van der Waals surface area (Å²) in [5.74, 6) is -4.76. The summed E-state index contributed by atoms with van der Waals surface area (Å²) >= 11 is 0. The number of rotatable bonds is 1. The standard InChI is InChI=1S/C4H3F5.C2F4.C2H4/c1-2-3(5,6)4(7,8)9;3-1(4)2(5)6;1-2/h2H,1H2;;1-2H2. The molecule has 0 fully saturated rings. The van der Waals surface area contributed by atoms with Gasteiger partial charge in [-0.2, -0.15) is 39.5 Å². The molecular weight excluding hydrogens is 267 g/mol. The summed E-state index contributed by atoms with van der Waals surface area (Å²) in [7, 11) is 0. The molecule has 0 unspecified atom stereocenters. The molecule has 0 saturated carbocycles. The lowest BCUT2D eigenvalue weighted by Crippen LogP contribution is -2.33. The van der Waals surface area contributed by atoms with Crippen LogP contribution in [-0.2, 0) is 0 Å². The van der Waals surface area contributed by atoms with Crippen molar-refractivity contribution in [3.05, 3.63) is 38.0 Å². The fourth-order valence-electron chi connectivity index (χ4n) is 0.116. The minimum Gasteiger partial charge on any atom is -0.192 e. The first-order chi connectivity index (χ1) is 7.45. The Morgan fingerprint density at radius 3 is 1.00 bits per heavy atom. The molecule has 0 aromatic rings. The lowest BCUT2D eigenvalue weighted by molar-refractivity contribution is -0.259. The predicted molar refractivity (Wildman–Crippen MR) is 43.9 cm³/mol. The van der Waals surface area contributed by atoms with Crippen molar-refractivity contribution in [1.29, 1.82) is 0 Å². The molecule has 0 aliphatic rings. The molecule has 0 atom stereocenters. The third kappa shape index (κ3) is 10.9. The minimum atomic E-state index is -5.51. The molecule has 0 rings (SSSR count). The highest BCUT2D eigenvalue weighted by molar-refractivity contribution is 4.92. The van der Waals surface area contributed by atoms with Crippen LogP contribution in [0.1, 0.15) is 0 Å². The topological polar surface area (TPSA) is 0 Å². The van der Waals surface area contributed by atoms with Gasteiger partial charge in [-0.05, 0) is 6.08 Å². The molecule has 0 aliphatic heterocycles. The van der Waals surface area contributed by atoms with Gasteiger partial charge in [-0.3, -0.25) is 0 Å². The lowest BCUT2D eigenvalue weighted by Gasteiger charge is -2.13. The van der Waals surface area contributed by atoms with Crippen molar-refractivity contribution >= 4 is 0 Å². The van der Waals surface area contributed by atoms with Crippen molar-refractivity contribution in [2.45, 2.75) is 12.1 Å². The van der Waals surface area contributed by atoms with Gasteiger partial charge in [0.05, 0.1) is 0 Å². The second kappa shape index (κ2) is 8.71. The van der Waals surface area contributed by atoms with Crippen LogP contribution < -0.4 is 0 Å². The molecule has 0 aromatic heterocycles. The number of hydrogen-bond acceptors (Lipinski definition) is 0. The molecule has 0 bridgehead atoms. The first kappa shape index (κ1) is 20.9. The van der Waals surface area contributed by atoms with Crippen molar-refractivity contribution in [2.75, 3.05) is 0 Å². The maximum atomic E-state index is 11.4. The smallest absolute Gasteiger partial charge is 0.192 e. The summed E-state index contributed by atoms with van der Waals surface area (Å²) < 4.78 is 97.0. The molecule has 0 amide bonds. The highest BCUT2D eigenvalue weighted by Crippen LogP contribution is 2.35. The third-order valence-electron chi connectivity index (χ3n) is 0.777. The van der Waals surface area contributed by atoms with E-state index in [2.05, 4.69) is 19.7 Å². The zero-order valence-electron chi connectivity index (χ0n) is 8.10. The van der Waals surface area contributed by atoms with Crippen LogP contribution in [0.25, 0.3) is 0 Å². The Kier molecular flexibility index (Phi) is 10.7. The van der Waals surface area contributed by atoms with Gasteiger partial charge in [0.1, 0.15) is 0 Å². The molecule has 0 saturated heterocycles. The highest BCUT2D eigenvalue weighted by Gasteiger charge is 2.54. The molecule has 0 aromatic carbocycles. The Hall–Kier alpha value is -1.41. The Morgan fingerprint density at radius 1 is 0.765 bits per heavy atom. The predicted octanol–water partition coefficient (Wildman–Crippen LogP) is 5.16. The van der Waals surface area contributed by atoms with Gasteiger partial charge in [0.15, 0.2) is 0 Å². The number of alkyl halides is 5. The van der Waals surface area contributed by atoms with Gasteiger partial charge >= 0.3 is 24.3 Å². The summed E-state index contributed by atoms with van der Waals surface area (Å²) in [4.78, 5) is 0. The van der Waals surface area contributed by atoms with Crippen LogP contribution in [0.15, 0.2) is 38.0 Å². The average Bonchev–Trinajstić information content (AvgIpc) is 2.20. The Morgan fingerprint density at radius 2 is 1.00 bits per heavy atom. The van der Waals surface area contributed by atoms with Crippen LogP contribution in [0.2, 0.25) is 0 Å². The monoisotopic (exact) mass is 274 g/mol. The lowest BCUT2D eigenvalue weighted by atomic mass is 10.3. The maximum Gasteiger partial charge on any atom is 0.457 e. The van der Waals surface area contributed by atoms with Crippen LogP contribution in [0.4, 0.5) is 39.5 Å². The largest absolute Gasteiger partial charge is 0.457 e. The maximum absolute atomic E-state index is 11.4. The molecule has 9 heteroatoms. The van der Waals surface area contributed by atoms with Crippen LogP contribution in [-0.4, -0.2) is 12.1 Å². The van der Waals surface area contributed by atoms with Gasteiger partial charge in [0.25, 0.3) is 0 Å². The molecule has 0 aliphatic carbocycles. The number of halogens is 9. The first-order valence-electron chi connectivity index (χ1n) is 3.40. The van der Waals surface area contributed by atoms with Crippen molar-refractivity contribution in [3.63, 3.8) is 0 Å². The van der Waals surface area contributed by atoms with Gasteiger partial charge < -0.3 is 0 Å². The Labute approximate surface area is 90.7 Å². The summed E-state index contributed by atoms with van der Waals surface area (Å²) in [5, 5.41) is 0. The van der Waals surface area contributed by atoms with Crippen molar-refractivity contribution < 1.29 is 39.5 Å². The Bertz CT molecular complexity index is 232. The first-order valence-corrected chi connectivity index (χ1v) is 3.40. The molecule has 17 heavy (non-hydrogen) atoms. The number of hydrogen-bond donors (Lipinski definition) is 0. The highest BCUT2D eigenvalue weighted by atomic mass is 19.4. The average molecular weight is 274 g/mol. The van der Waals surface area contributed by atoms with Gasteiger partial charge in [0, 0.05) is 0 Å². The van der Waals surface area contributed by atoms with Crippen LogP contribution in [0.5, 0.6) is 0 Å². The zero-order chi connectivity index (χ0) is 14.9. The molecular formula is C8H7F9. The fourth-order valence-corrected chi connectivity index (χ4v) is 0.116. The van der Waals surface area contributed by atoms with E-state index in [1.807, 2.05) is 0 Å². The van der Waals surface area contributed by atoms with Gasteiger partial charge in [-0.15, -0.1) is 13.2 Å². The summed E-state index contributed by atoms with van der Waals surface area (Å²) in [6, 6.07) is 0. The van der Waals surface area contributed by atoms with E-state index in [0.29, 0.717) is 0 Å². The fraction of sp³-hybridized carbons (Fsp3) is 0.250. The Balaban J connectivity index is -0.000000213. The molecule has 102 valence electrons. The van der Waals surface area contributed by atoms with E-state index in [9.17, 15) is 39.5 Å². The SMILES string of the molecule is C=C.C=CC(F)(F)C(F)(F)F.FC(F)=C(F)F. The van der Waals surface area contributed by atoms with E-state index >= 15 is 0 Å². The van der Waals surface area contributed by atoms with Gasteiger partial charge in [-0.1, -0.05) is 6.58 Å². The van der Waals surface area contributed by atoms with Crippen LogP contribution in [0.3, 0.4) is 0 Å². The zero-order valence-corrected chi connectivity index (χ0v) is 8.10. The van der Waals surface area contributed by atoms with Crippen molar-refractivity contribution in [1.82, 2.24) is 0 Å². The van der Waals surface area contributed by atoms with Gasteiger partial charge in [0.2, 0.25) is 0 Å². The molecule has 0 nitrogen and oxygen atoms in total. The quantitative estimate of drug-likeness (QED) is 0.457.